The van der Waals surface area contributed by atoms with Gasteiger partial charge in [-0.2, -0.15) is 5.10 Å². The van der Waals surface area contributed by atoms with E-state index in [4.69, 9.17) is 4.98 Å². The average Bonchev–Trinajstić information content (AvgIpc) is 3.53. The number of H-pyrrole nitrogens is 1. The highest BCUT2D eigenvalue weighted by Gasteiger charge is 2.35. The zero-order chi connectivity index (χ0) is 23.4. The lowest BCUT2D eigenvalue weighted by atomic mass is 9.92. The fourth-order valence-corrected chi connectivity index (χ4v) is 5.17. The maximum absolute atomic E-state index is 12.8. The molecule has 6 heterocycles. The van der Waals surface area contributed by atoms with Crippen LogP contribution in [0.2, 0.25) is 0 Å². The third-order valence-electron chi connectivity index (χ3n) is 6.80. The normalized spacial score (nSPS) is 20.0. The van der Waals surface area contributed by atoms with Crippen molar-refractivity contribution in [3.8, 4) is 11.4 Å². The molecule has 12 nitrogen and oxygen atoms in total. The van der Waals surface area contributed by atoms with Crippen LogP contribution < -0.4 is 15.9 Å². The summed E-state index contributed by atoms with van der Waals surface area (Å²) in [4.78, 5) is 31.7. The van der Waals surface area contributed by atoms with Crippen LogP contribution in [0.25, 0.3) is 28.6 Å². The molecule has 4 aromatic rings. The summed E-state index contributed by atoms with van der Waals surface area (Å²) in [6, 6.07) is -0.120. The van der Waals surface area contributed by atoms with E-state index in [0.29, 0.717) is 31.6 Å². The lowest BCUT2D eigenvalue weighted by Gasteiger charge is -2.39. The summed E-state index contributed by atoms with van der Waals surface area (Å²) in [5.41, 5.74) is 3.03. The Labute approximate surface area is 194 Å². The molecule has 2 aliphatic heterocycles. The van der Waals surface area contributed by atoms with E-state index in [0.717, 1.165) is 34.4 Å². The number of aliphatic hydroxyl groups excluding tert-OH is 1. The van der Waals surface area contributed by atoms with E-state index < -0.39 is 0 Å². The molecular formula is C22H26N10O2. The van der Waals surface area contributed by atoms with Gasteiger partial charge in [-0.15, -0.1) is 0 Å². The summed E-state index contributed by atoms with van der Waals surface area (Å²) in [5, 5.41) is 17.7. The van der Waals surface area contributed by atoms with Crippen molar-refractivity contribution in [3.05, 3.63) is 41.0 Å². The maximum Gasteiger partial charge on any atom is 0.327 e. The number of fused-ring (bicyclic) bond motifs is 2. The Bertz CT molecular complexity index is 1460. The number of imidazole rings is 2. The highest BCUT2D eigenvalue weighted by molar-refractivity contribution is 5.86. The van der Waals surface area contributed by atoms with Gasteiger partial charge < -0.3 is 19.9 Å². The van der Waals surface area contributed by atoms with E-state index in [1.54, 1.807) is 21.8 Å². The molecule has 1 saturated heterocycles. The van der Waals surface area contributed by atoms with Crippen LogP contribution in [0.5, 0.6) is 0 Å². The number of aryl methyl sites for hydroxylation is 2. The van der Waals surface area contributed by atoms with Crippen LogP contribution in [-0.4, -0.2) is 70.2 Å². The molecule has 0 amide bonds. The first-order valence-electron chi connectivity index (χ1n) is 11.3. The maximum atomic E-state index is 12.8. The van der Waals surface area contributed by atoms with Gasteiger partial charge in [-0.25, -0.2) is 19.7 Å². The van der Waals surface area contributed by atoms with Crippen molar-refractivity contribution in [3.63, 3.8) is 0 Å². The zero-order valence-electron chi connectivity index (χ0n) is 19.0. The molecule has 176 valence electrons. The molecule has 0 saturated carbocycles. The van der Waals surface area contributed by atoms with E-state index in [1.165, 1.54) is 0 Å². The van der Waals surface area contributed by atoms with Crippen LogP contribution in [0, 0.1) is 5.92 Å². The molecule has 1 fully saturated rings. The summed E-state index contributed by atoms with van der Waals surface area (Å²) >= 11 is 0. The van der Waals surface area contributed by atoms with Crippen LogP contribution in [-0.2, 0) is 14.1 Å². The first-order valence-corrected chi connectivity index (χ1v) is 11.3. The molecule has 0 bridgehead atoms. The van der Waals surface area contributed by atoms with Gasteiger partial charge in [-0.1, -0.05) is 6.08 Å². The molecular weight excluding hydrogens is 436 g/mol. The smallest absolute Gasteiger partial charge is 0.327 e. The Balaban J connectivity index is 1.35. The summed E-state index contributed by atoms with van der Waals surface area (Å²) < 4.78 is 5.47. The molecule has 0 radical (unpaired) electrons. The van der Waals surface area contributed by atoms with E-state index >= 15 is 0 Å². The predicted molar refractivity (Wildman–Crippen MR) is 128 cm³/mol. The SMILES string of the molecule is Cn1cc(-c2nc3c(N4CC[C@@H](n5c6c([nH]c5=O)NCC=C6)[C@H](CO)C4)ncnc3n2C)cn1. The fraction of sp³-hybridized carbons (Fsp3) is 0.409. The molecule has 0 aliphatic carbocycles. The molecule has 6 rings (SSSR count). The number of anilines is 2. The summed E-state index contributed by atoms with van der Waals surface area (Å²) in [7, 11) is 3.80. The molecule has 2 atom stereocenters. The summed E-state index contributed by atoms with van der Waals surface area (Å²) in [5.74, 6) is 2.09. The minimum absolute atomic E-state index is 0.0396. The first kappa shape index (κ1) is 20.7. The number of aromatic amines is 1. The molecule has 3 N–H and O–H groups in total. The number of rotatable bonds is 4. The molecule has 12 heteroatoms. The Hall–Kier alpha value is -3.93. The van der Waals surface area contributed by atoms with Crippen molar-refractivity contribution in [2.75, 3.05) is 36.5 Å². The monoisotopic (exact) mass is 462 g/mol. The van der Waals surface area contributed by atoms with Crippen molar-refractivity contribution in [2.24, 2.45) is 20.0 Å². The fourth-order valence-electron chi connectivity index (χ4n) is 5.17. The van der Waals surface area contributed by atoms with Gasteiger partial charge in [-0.05, 0) is 12.5 Å². The Morgan fingerprint density at radius 1 is 1.26 bits per heavy atom. The number of aliphatic hydroxyl groups is 1. The van der Waals surface area contributed by atoms with Crippen molar-refractivity contribution in [1.29, 1.82) is 0 Å². The van der Waals surface area contributed by atoms with E-state index in [2.05, 4.69) is 30.3 Å². The number of hydrogen-bond acceptors (Lipinski definition) is 8. The molecule has 2 aliphatic rings. The van der Waals surface area contributed by atoms with Gasteiger partial charge >= 0.3 is 5.69 Å². The molecule has 0 spiro atoms. The third-order valence-corrected chi connectivity index (χ3v) is 6.80. The number of aromatic nitrogens is 8. The molecule has 0 unspecified atom stereocenters. The van der Waals surface area contributed by atoms with Gasteiger partial charge in [0, 0.05) is 58.5 Å². The van der Waals surface area contributed by atoms with Crippen molar-refractivity contribution < 1.29 is 5.11 Å². The third kappa shape index (κ3) is 3.13. The largest absolute Gasteiger partial charge is 0.396 e. The number of nitrogens with zero attached hydrogens (tertiary/aromatic N) is 8. The van der Waals surface area contributed by atoms with Crippen LogP contribution in [0.3, 0.4) is 0 Å². The van der Waals surface area contributed by atoms with E-state index in [9.17, 15) is 9.90 Å². The van der Waals surface area contributed by atoms with Gasteiger partial charge in [0.2, 0.25) is 0 Å². The van der Waals surface area contributed by atoms with Gasteiger partial charge in [0.1, 0.15) is 18.0 Å². The van der Waals surface area contributed by atoms with Crippen molar-refractivity contribution in [2.45, 2.75) is 12.5 Å². The minimum Gasteiger partial charge on any atom is -0.396 e. The summed E-state index contributed by atoms with van der Waals surface area (Å²) in [6.07, 6.45) is 9.90. The van der Waals surface area contributed by atoms with Crippen molar-refractivity contribution >= 4 is 28.9 Å². The van der Waals surface area contributed by atoms with E-state index in [-0.39, 0.29) is 24.3 Å². The highest BCUT2D eigenvalue weighted by Crippen LogP contribution is 2.35. The Morgan fingerprint density at radius 3 is 2.94 bits per heavy atom. The van der Waals surface area contributed by atoms with Gasteiger partial charge in [-0.3, -0.25) is 14.2 Å². The Morgan fingerprint density at radius 2 is 2.15 bits per heavy atom. The van der Waals surface area contributed by atoms with Crippen LogP contribution in [0.15, 0.2) is 29.6 Å². The summed E-state index contributed by atoms with van der Waals surface area (Å²) in [6.45, 7) is 1.87. The number of hydrogen-bond donors (Lipinski definition) is 3. The standard InChI is InChI=1S/C22H26N10O2/c1-29-9-13(8-26-29)19-27-17-20(30(19)2)24-12-25-21(17)31-7-5-15(14(10-31)11-33)32-16-4-3-6-23-18(16)28-22(32)34/h3-4,8-9,12,14-15,23,33H,5-7,10-11H2,1-2H3,(H,28,34)/t14-,15+/m0/s1. The minimum atomic E-state index is -0.156. The van der Waals surface area contributed by atoms with Crippen molar-refractivity contribution in [1.82, 2.24) is 38.9 Å². The van der Waals surface area contributed by atoms with Gasteiger partial charge in [0.15, 0.2) is 17.0 Å². The average molecular weight is 463 g/mol. The zero-order valence-corrected chi connectivity index (χ0v) is 19.0. The van der Waals surface area contributed by atoms with Gasteiger partial charge in [0.25, 0.3) is 0 Å². The molecule has 0 aromatic carbocycles. The first-order chi connectivity index (χ1) is 16.5. The topological polar surface area (TPSA) is 135 Å². The lowest BCUT2D eigenvalue weighted by Crippen LogP contribution is -2.45. The Kier molecular flexibility index (Phi) is 4.76. The molecule has 34 heavy (non-hydrogen) atoms. The van der Waals surface area contributed by atoms with E-state index in [1.807, 2.05) is 37.0 Å². The van der Waals surface area contributed by atoms with Crippen LogP contribution in [0.4, 0.5) is 11.6 Å². The van der Waals surface area contributed by atoms with Gasteiger partial charge in [0.05, 0.1) is 17.5 Å². The quantitative estimate of drug-likeness (QED) is 0.405. The second-order valence-electron chi connectivity index (χ2n) is 8.85. The number of piperidine rings is 1. The van der Waals surface area contributed by atoms with Crippen LogP contribution >= 0.6 is 0 Å². The highest BCUT2D eigenvalue weighted by atomic mass is 16.3. The lowest BCUT2D eigenvalue weighted by molar-refractivity contribution is 0.158. The number of nitrogens with one attached hydrogen (secondary N) is 2. The molecule has 4 aromatic heterocycles. The second kappa shape index (κ2) is 7.83. The van der Waals surface area contributed by atoms with Crippen LogP contribution in [0.1, 0.15) is 18.2 Å². The predicted octanol–water partition coefficient (Wildman–Crippen LogP) is 0.752. The second-order valence-corrected chi connectivity index (χ2v) is 8.85.